The van der Waals surface area contributed by atoms with Crippen molar-refractivity contribution in [3.8, 4) is 11.4 Å². The highest BCUT2D eigenvalue weighted by Gasteiger charge is 2.14. The highest BCUT2D eigenvalue weighted by molar-refractivity contribution is 6.31. The number of nitrogen functional groups attached to an aromatic ring is 1. The van der Waals surface area contributed by atoms with Gasteiger partial charge in [-0.25, -0.2) is 18.7 Å². The van der Waals surface area contributed by atoms with E-state index in [4.69, 9.17) is 17.3 Å². The number of fused-ring (bicyclic) bond motifs is 1. The van der Waals surface area contributed by atoms with Crippen molar-refractivity contribution in [2.45, 2.75) is 6.92 Å². The van der Waals surface area contributed by atoms with Gasteiger partial charge < -0.3 is 5.73 Å². The maximum absolute atomic E-state index is 13.9. The van der Waals surface area contributed by atoms with Gasteiger partial charge in [0.05, 0.1) is 11.1 Å². The van der Waals surface area contributed by atoms with E-state index in [1.807, 2.05) is 0 Å². The van der Waals surface area contributed by atoms with Crippen LogP contribution in [0.15, 0.2) is 30.3 Å². The van der Waals surface area contributed by atoms with E-state index in [1.165, 1.54) is 6.07 Å². The number of halogens is 3. The predicted molar refractivity (Wildman–Crippen MR) is 79.0 cm³/mol. The second-order valence-electron chi connectivity index (χ2n) is 4.68. The summed E-state index contributed by atoms with van der Waals surface area (Å²) in [6.45, 7) is 1.54. The van der Waals surface area contributed by atoms with Crippen molar-refractivity contribution in [2.75, 3.05) is 5.73 Å². The standard InChI is InChI=1S/C15H10ClF2N3/c1-7-4-10(12(18)6-11(7)17)15-20-13-5-8(16)2-3-9(13)14(19)21-15/h2-6H,1H3,(H2,19,20,21). The quantitative estimate of drug-likeness (QED) is 0.736. The summed E-state index contributed by atoms with van der Waals surface area (Å²) in [5.74, 6) is -1.04. The Morgan fingerprint density at radius 3 is 2.57 bits per heavy atom. The van der Waals surface area contributed by atoms with Crippen molar-refractivity contribution >= 4 is 28.3 Å². The molecule has 0 atom stereocenters. The highest BCUT2D eigenvalue weighted by atomic mass is 35.5. The summed E-state index contributed by atoms with van der Waals surface area (Å²) >= 11 is 5.92. The summed E-state index contributed by atoms with van der Waals surface area (Å²) in [6.07, 6.45) is 0. The summed E-state index contributed by atoms with van der Waals surface area (Å²) in [7, 11) is 0. The van der Waals surface area contributed by atoms with Crippen LogP contribution in [0.1, 0.15) is 5.56 Å². The number of nitrogens with two attached hydrogens (primary N) is 1. The largest absolute Gasteiger partial charge is 0.383 e. The molecule has 3 nitrogen and oxygen atoms in total. The third kappa shape index (κ3) is 2.40. The average Bonchev–Trinajstić information content (AvgIpc) is 2.42. The van der Waals surface area contributed by atoms with Gasteiger partial charge in [0, 0.05) is 16.5 Å². The van der Waals surface area contributed by atoms with Crippen molar-refractivity contribution in [3.63, 3.8) is 0 Å². The molecule has 0 amide bonds. The van der Waals surface area contributed by atoms with Crippen LogP contribution in [0.3, 0.4) is 0 Å². The minimum Gasteiger partial charge on any atom is -0.383 e. The minimum atomic E-state index is -0.737. The maximum atomic E-state index is 13.9. The van der Waals surface area contributed by atoms with Gasteiger partial charge in [-0.1, -0.05) is 11.6 Å². The highest BCUT2D eigenvalue weighted by Crippen LogP contribution is 2.28. The molecule has 0 aliphatic carbocycles. The fraction of sp³-hybridized carbons (Fsp3) is 0.0667. The number of aromatic nitrogens is 2. The molecule has 0 radical (unpaired) electrons. The van der Waals surface area contributed by atoms with Gasteiger partial charge in [-0.3, -0.25) is 0 Å². The van der Waals surface area contributed by atoms with Crippen molar-refractivity contribution in [3.05, 3.63) is 52.6 Å². The maximum Gasteiger partial charge on any atom is 0.165 e. The number of rotatable bonds is 1. The Morgan fingerprint density at radius 1 is 1.05 bits per heavy atom. The van der Waals surface area contributed by atoms with E-state index in [2.05, 4.69) is 9.97 Å². The molecule has 0 aliphatic heterocycles. The Hall–Kier alpha value is -2.27. The van der Waals surface area contributed by atoms with Crippen molar-refractivity contribution in [1.82, 2.24) is 9.97 Å². The molecule has 1 aromatic heterocycles. The van der Waals surface area contributed by atoms with E-state index in [1.54, 1.807) is 25.1 Å². The minimum absolute atomic E-state index is 0.0995. The Labute approximate surface area is 124 Å². The van der Waals surface area contributed by atoms with E-state index >= 15 is 0 Å². The van der Waals surface area contributed by atoms with Crippen LogP contribution in [-0.4, -0.2) is 9.97 Å². The Kier molecular flexibility index (Phi) is 3.22. The molecule has 0 spiro atoms. The molecule has 1 heterocycles. The lowest BCUT2D eigenvalue weighted by molar-refractivity contribution is 0.579. The normalized spacial score (nSPS) is 11.0. The molecule has 2 N–H and O–H groups in total. The monoisotopic (exact) mass is 305 g/mol. The van der Waals surface area contributed by atoms with Gasteiger partial charge in [-0.2, -0.15) is 0 Å². The molecular formula is C15H10ClF2N3. The van der Waals surface area contributed by atoms with Crippen LogP contribution in [0.4, 0.5) is 14.6 Å². The van der Waals surface area contributed by atoms with Crippen LogP contribution < -0.4 is 5.73 Å². The Morgan fingerprint density at radius 2 is 1.81 bits per heavy atom. The van der Waals surface area contributed by atoms with Crippen LogP contribution in [0.2, 0.25) is 5.02 Å². The summed E-state index contributed by atoms with van der Waals surface area (Å²) in [5.41, 5.74) is 6.78. The molecule has 2 aromatic carbocycles. The first-order chi connectivity index (χ1) is 9.95. The zero-order valence-electron chi connectivity index (χ0n) is 11.0. The predicted octanol–water partition coefficient (Wildman–Crippen LogP) is 4.12. The molecule has 106 valence electrons. The number of aryl methyl sites for hydroxylation is 1. The first kappa shape index (κ1) is 13.7. The second-order valence-corrected chi connectivity index (χ2v) is 5.11. The second kappa shape index (κ2) is 4.93. The fourth-order valence-electron chi connectivity index (χ4n) is 2.08. The number of benzene rings is 2. The van der Waals surface area contributed by atoms with Gasteiger partial charge in [0.15, 0.2) is 5.82 Å². The van der Waals surface area contributed by atoms with Gasteiger partial charge in [0.25, 0.3) is 0 Å². The zero-order chi connectivity index (χ0) is 15.1. The van der Waals surface area contributed by atoms with Crippen LogP contribution in [0.25, 0.3) is 22.3 Å². The molecule has 0 bridgehead atoms. The lowest BCUT2D eigenvalue weighted by Crippen LogP contribution is -2.00. The van der Waals surface area contributed by atoms with Gasteiger partial charge >= 0.3 is 0 Å². The molecule has 0 saturated carbocycles. The fourth-order valence-corrected chi connectivity index (χ4v) is 2.24. The summed E-state index contributed by atoms with van der Waals surface area (Å²) in [4.78, 5) is 8.35. The Bertz CT molecular complexity index is 865. The summed E-state index contributed by atoms with van der Waals surface area (Å²) in [5, 5.41) is 1.12. The Balaban J connectivity index is 2.28. The number of hydrogen-bond acceptors (Lipinski definition) is 3. The molecule has 3 aromatic rings. The summed E-state index contributed by atoms with van der Waals surface area (Å²) in [6, 6.07) is 7.16. The molecule has 0 aliphatic rings. The van der Waals surface area contributed by atoms with Gasteiger partial charge in [-0.05, 0) is 36.8 Å². The third-order valence-corrected chi connectivity index (χ3v) is 3.41. The SMILES string of the molecule is Cc1cc(-c2nc(N)c3ccc(Cl)cc3n2)c(F)cc1F. The van der Waals surface area contributed by atoms with Gasteiger partial charge in [0.2, 0.25) is 0 Å². The smallest absolute Gasteiger partial charge is 0.165 e. The molecule has 0 unspecified atom stereocenters. The molecule has 0 fully saturated rings. The van der Waals surface area contributed by atoms with E-state index < -0.39 is 11.6 Å². The molecule has 3 rings (SSSR count). The van der Waals surface area contributed by atoms with E-state index in [-0.39, 0.29) is 17.2 Å². The first-order valence-corrected chi connectivity index (χ1v) is 6.52. The molecule has 21 heavy (non-hydrogen) atoms. The van der Waals surface area contributed by atoms with Crippen molar-refractivity contribution in [1.29, 1.82) is 0 Å². The van der Waals surface area contributed by atoms with Crippen molar-refractivity contribution < 1.29 is 8.78 Å². The van der Waals surface area contributed by atoms with Crippen LogP contribution >= 0.6 is 11.6 Å². The number of nitrogens with zero attached hydrogens (tertiary/aromatic N) is 2. The molecule has 0 saturated heterocycles. The third-order valence-electron chi connectivity index (χ3n) is 3.18. The first-order valence-electron chi connectivity index (χ1n) is 6.14. The lowest BCUT2D eigenvalue weighted by atomic mass is 10.1. The topological polar surface area (TPSA) is 51.8 Å². The van der Waals surface area contributed by atoms with Crippen molar-refractivity contribution in [2.24, 2.45) is 0 Å². The number of anilines is 1. The van der Waals surface area contributed by atoms with Crippen LogP contribution in [0.5, 0.6) is 0 Å². The average molecular weight is 306 g/mol. The van der Waals surface area contributed by atoms with Crippen LogP contribution in [-0.2, 0) is 0 Å². The summed E-state index contributed by atoms with van der Waals surface area (Å²) < 4.78 is 27.3. The molecule has 6 heteroatoms. The van der Waals surface area contributed by atoms with Gasteiger partial charge in [0.1, 0.15) is 17.5 Å². The zero-order valence-corrected chi connectivity index (χ0v) is 11.7. The van der Waals surface area contributed by atoms with E-state index in [9.17, 15) is 8.78 Å². The lowest BCUT2D eigenvalue weighted by Gasteiger charge is -2.08. The molecular weight excluding hydrogens is 296 g/mol. The van der Waals surface area contributed by atoms with Crippen LogP contribution in [0, 0.1) is 18.6 Å². The number of hydrogen-bond donors (Lipinski definition) is 1. The van der Waals surface area contributed by atoms with Gasteiger partial charge in [-0.15, -0.1) is 0 Å². The van der Waals surface area contributed by atoms with E-state index in [0.29, 0.717) is 21.5 Å². The van der Waals surface area contributed by atoms with E-state index in [0.717, 1.165) is 6.07 Å².